The van der Waals surface area contributed by atoms with E-state index in [1.54, 1.807) is 0 Å². The van der Waals surface area contributed by atoms with Gasteiger partial charge in [0.2, 0.25) is 17.7 Å². The number of aliphatic hydroxyl groups excluding tert-OH is 2. The average Bonchev–Trinajstić information content (AvgIpc) is 2.87. The number of aliphatic carboxylic acids is 2. The first-order valence-corrected chi connectivity index (χ1v) is 14.1. The number of nitrogens with one attached hydrogen (secondary N) is 4. The zero-order valence-electron chi connectivity index (χ0n) is 21.5. The Balaban J connectivity index is 4.09. The van der Waals surface area contributed by atoms with Crippen LogP contribution in [0.4, 0.5) is 0 Å². The fourth-order valence-corrected chi connectivity index (χ4v) is 4.25. The molecule has 0 aromatic heterocycles. The second-order valence-corrected chi connectivity index (χ2v) is 10.4. The molecule has 0 saturated carbocycles. The minimum Gasteiger partial charge on any atom is -0.480 e. The van der Waals surface area contributed by atoms with Crippen LogP contribution in [0.1, 0.15) is 13.3 Å². The first-order chi connectivity index (χ1) is 18.3. The third kappa shape index (κ3) is 17.5. The summed E-state index contributed by atoms with van der Waals surface area (Å²) in [5.41, 5.74) is 10.7. The maximum absolute atomic E-state index is 12.1. The normalized spacial score (nSPS) is 14.7. The van der Waals surface area contributed by atoms with Crippen LogP contribution < -0.4 is 32.7 Å². The van der Waals surface area contributed by atoms with Gasteiger partial charge in [0.05, 0.1) is 17.6 Å². The lowest BCUT2D eigenvalue weighted by Gasteiger charge is -2.23. The largest absolute Gasteiger partial charge is 0.480 e. The number of nitrogens with two attached hydrogens (primary N) is 2. The summed E-state index contributed by atoms with van der Waals surface area (Å²) in [5, 5.41) is 47.5. The molecule has 0 aliphatic rings. The molecule has 0 radical (unpaired) electrons. The number of thioether (sulfide) groups is 2. The Hall–Kier alpha value is -2.64. The quantitative estimate of drug-likeness (QED) is 0.0557. The van der Waals surface area contributed by atoms with Gasteiger partial charge < -0.3 is 53.2 Å². The lowest BCUT2D eigenvalue weighted by Crippen LogP contribution is -2.47. The van der Waals surface area contributed by atoms with Gasteiger partial charge in [0, 0.05) is 44.1 Å². The topological polar surface area (TPSA) is 284 Å². The summed E-state index contributed by atoms with van der Waals surface area (Å²) >= 11 is 2.10. The van der Waals surface area contributed by atoms with Crippen molar-refractivity contribution >= 4 is 59.1 Å². The number of carbonyl (C=O) groups is 6. The van der Waals surface area contributed by atoms with Crippen molar-refractivity contribution in [3.63, 3.8) is 0 Å². The molecule has 0 aliphatic carbocycles. The van der Waals surface area contributed by atoms with Crippen LogP contribution in [0.3, 0.4) is 0 Å². The molecule has 0 rings (SSSR count). The lowest BCUT2D eigenvalue weighted by atomic mass is 9.95. The number of hydrogen-bond acceptors (Lipinski definition) is 12. The van der Waals surface area contributed by atoms with Crippen LogP contribution in [0.5, 0.6) is 0 Å². The summed E-state index contributed by atoms with van der Waals surface area (Å²) in [5.74, 6) is -5.12. The molecule has 0 spiro atoms. The number of hydrogen-bond donors (Lipinski definition) is 10. The molecule has 0 bridgehead atoms. The van der Waals surface area contributed by atoms with Crippen LogP contribution in [-0.4, -0.2) is 129 Å². The number of amides is 4. The number of carboxylic acids is 2. The van der Waals surface area contributed by atoms with E-state index in [0.717, 1.165) is 23.5 Å². The Morgan fingerprint density at radius 3 is 1.49 bits per heavy atom. The van der Waals surface area contributed by atoms with Crippen molar-refractivity contribution in [1.29, 1.82) is 0 Å². The maximum Gasteiger partial charge on any atom is 0.321 e. The predicted molar refractivity (Wildman–Crippen MR) is 144 cm³/mol. The van der Waals surface area contributed by atoms with E-state index in [1.165, 1.54) is 6.92 Å². The van der Waals surface area contributed by atoms with Crippen molar-refractivity contribution in [2.45, 2.75) is 37.6 Å². The summed E-state index contributed by atoms with van der Waals surface area (Å²) in [7, 11) is 0. The number of carboxylic acid groups (broad SMARTS) is 2. The number of rotatable bonds is 21. The highest BCUT2D eigenvalue weighted by molar-refractivity contribution is 8.00. The molecule has 0 aromatic rings. The van der Waals surface area contributed by atoms with Crippen LogP contribution in [0.2, 0.25) is 0 Å². The van der Waals surface area contributed by atoms with Gasteiger partial charge in [-0.05, 0) is 5.92 Å². The molecule has 16 nitrogen and oxygen atoms in total. The summed E-state index contributed by atoms with van der Waals surface area (Å²) < 4.78 is 0. The maximum atomic E-state index is 12.1. The molecule has 0 aromatic carbocycles. The smallest absolute Gasteiger partial charge is 0.321 e. The predicted octanol–water partition coefficient (Wildman–Crippen LogP) is -4.51. The van der Waals surface area contributed by atoms with Gasteiger partial charge in [-0.15, -0.1) is 23.5 Å². The third-order valence-corrected chi connectivity index (χ3v) is 7.02. The Bertz CT molecular complexity index is 837. The van der Waals surface area contributed by atoms with Crippen LogP contribution >= 0.6 is 23.5 Å². The molecule has 18 heteroatoms. The Morgan fingerprint density at radius 2 is 1.08 bits per heavy atom. The van der Waals surface area contributed by atoms with Crippen molar-refractivity contribution < 1.29 is 49.2 Å². The first-order valence-electron chi connectivity index (χ1n) is 11.8. The molecule has 4 unspecified atom stereocenters. The van der Waals surface area contributed by atoms with Crippen LogP contribution in [-0.2, 0) is 28.8 Å². The fraction of sp³-hybridized carbons (Fsp3) is 0.714. The third-order valence-electron chi connectivity index (χ3n) is 4.89. The minimum atomic E-state index is -1.82. The minimum absolute atomic E-state index is 0.00726. The van der Waals surface area contributed by atoms with Crippen LogP contribution in [0.15, 0.2) is 0 Å². The highest BCUT2D eigenvalue weighted by Crippen LogP contribution is 2.12. The molecule has 0 aliphatic heterocycles. The second kappa shape index (κ2) is 20.3. The van der Waals surface area contributed by atoms with Crippen molar-refractivity contribution in [2.75, 3.05) is 49.2 Å². The first kappa shape index (κ1) is 36.4. The van der Waals surface area contributed by atoms with Crippen molar-refractivity contribution in [1.82, 2.24) is 21.3 Å². The summed E-state index contributed by atoms with van der Waals surface area (Å²) in [6.45, 7) is 1.66. The van der Waals surface area contributed by atoms with Gasteiger partial charge in [0.1, 0.15) is 12.1 Å². The van der Waals surface area contributed by atoms with Crippen molar-refractivity contribution in [3.05, 3.63) is 0 Å². The van der Waals surface area contributed by atoms with Crippen LogP contribution in [0, 0.1) is 5.92 Å². The zero-order chi connectivity index (χ0) is 30.0. The number of carbonyl (C=O) groups excluding carboxylic acids is 4. The monoisotopic (exact) mass is 598 g/mol. The summed E-state index contributed by atoms with van der Waals surface area (Å²) in [4.78, 5) is 68.7. The molecule has 12 N–H and O–H groups in total. The fourth-order valence-electron chi connectivity index (χ4n) is 2.65. The zero-order valence-corrected chi connectivity index (χ0v) is 23.1. The van der Waals surface area contributed by atoms with Gasteiger partial charge in [-0.1, -0.05) is 6.92 Å². The van der Waals surface area contributed by atoms with E-state index in [-0.39, 0.29) is 61.5 Å². The summed E-state index contributed by atoms with van der Waals surface area (Å²) in [6, 6.07) is -2.14. The molecule has 0 saturated heterocycles. The molecular weight excluding hydrogens is 560 g/mol. The van der Waals surface area contributed by atoms with E-state index < -0.39 is 59.9 Å². The number of aliphatic hydroxyl groups is 2. The van der Waals surface area contributed by atoms with E-state index in [9.17, 15) is 39.0 Å². The SMILES string of the molecule is CC(CC(=O)NCCNC(=O)CSCC(N)C(=O)O)C(O)[C@H](O)C(=O)NCCNC(=O)CSCC(N)C(=O)O. The molecule has 4 amide bonds. The average molecular weight is 599 g/mol. The Labute approximate surface area is 233 Å². The van der Waals surface area contributed by atoms with Crippen molar-refractivity contribution in [2.24, 2.45) is 17.4 Å². The van der Waals surface area contributed by atoms with Gasteiger partial charge in [-0.3, -0.25) is 28.8 Å². The van der Waals surface area contributed by atoms with Gasteiger partial charge in [-0.2, -0.15) is 0 Å². The van der Waals surface area contributed by atoms with Gasteiger partial charge in [0.15, 0.2) is 6.10 Å². The van der Waals surface area contributed by atoms with Gasteiger partial charge in [-0.25, -0.2) is 0 Å². The second-order valence-electron chi connectivity index (χ2n) is 8.38. The van der Waals surface area contributed by atoms with Crippen molar-refractivity contribution in [3.8, 4) is 0 Å². The van der Waals surface area contributed by atoms with E-state index in [2.05, 4.69) is 21.3 Å². The summed E-state index contributed by atoms with van der Waals surface area (Å²) in [6.07, 6.45) is -3.57. The highest BCUT2D eigenvalue weighted by Gasteiger charge is 2.30. The highest BCUT2D eigenvalue weighted by atomic mass is 32.2. The molecule has 0 heterocycles. The molecule has 0 fully saturated rings. The lowest BCUT2D eigenvalue weighted by molar-refractivity contribution is -0.139. The van der Waals surface area contributed by atoms with E-state index >= 15 is 0 Å². The Morgan fingerprint density at radius 1 is 0.692 bits per heavy atom. The van der Waals surface area contributed by atoms with E-state index in [0.29, 0.717) is 0 Å². The van der Waals surface area contributed by atoms with Crippen LogP contribution in [0.25, 0.3) is 0 Å². The van der Waals surface area contributed by atoms with Gasteiger partial charge in [0.25, 0.3) is 5.91 Å². The Kier molecular flexibility index (Phi) is 18.9. The molecule has 224 valence electrons. The molecule has 5 atom stereocenters. The van der Waals surface area contributed by atoms with Gasteiger partial charge >= 0.3 is 11.9 Å². The molecule has 39 heavy (non-hydrogen) atoms. The molecular formula is C21H38N6O10S2. The van der Waals surface area contributed by atoms with E-state index in [1.807, 2.05) is 0 Å². The van der Waals surface area contributed by atoms with E-state index in [4.69, 9.17) is 21.7 Å². The standard InChI is InChI=1S/C21H38N6O10S2/c1-11(6-14(28)24-2-3-25-15(29)9-38-7-12(22)20(34)35)17(31)18(32)19(33)27-5-4-26-16(30)10-39-8-13(23)21(36)37/h11-13,17-18,31-32H,2-10,22-23H2,1H3,(H,24,28)(H,25,29)(H,26,30)(H,27,33)(H,34,35)(H,36,37)/t11?,12?,13?,17?,18-/m0/s1.